The van der Waals surface area contributed by atoms with Gasteiger partial charge in [-0.2, -0.15) is 13.2 Å². The fraction of sp³-hybridized carbons (Fsp3) is 0.500. The van der Waals surface area contributed by atoms with Crippen molar-refractivity contribution in [2.75, 3.05) is 31.1 Å². The zero-order chi connectivity index (χ0) is 23.4. The number of aromatic nitrogens is 2. The van der Waals surface area contributed by atoms with E-state index in [0.29, 0.717) is 25.5 Å². The summed E-state index contributed by atoms with van der Waals surface area (Å²) in [6, 6.07) is 5.63. The number of furan rings is 1. The number of hydrogen-bond acceptors (Lipinski definition) is 7. The van der Waals surface area contributed by atoms with Crippen LogP contribution in [0.25, 0.3) is 0 Å². The predicted molar refractivity (Wildman–Crippen MR) is 105 cm³/mol. The third-order valence-electron chi connectivity index (χ3n) is 5.73. The lowest BCUT2D eigenvalue weighted by Crippen LogP contribution is -2.41. The number of hydrogen-bond donors (Lipinski definition) is 2. The van der Waals surface area contributed by atoms with Gasteiger partial charge in [0.25, 0.3) is 0 Å². The zero-order valence-electron chi connectivity index (χ0n) is 17.0. The van der Waals surface area contributed by atoms with Crippen molar-refractivity contribution >= 4 is 17.9 Å². The minimum absolute atomic E-state index is 0.0475. The SMILES string of the molecule is O=C(O)C(F)(F)F.O=C(O)[C@]12CCCN(Cc3ccco3)C[C@H]1CN(c1ncccn1)C2. The van der Waals surface area contributed by atoms with E-state index in [9.17, 15) is 23.1 Å². The van der Waals surface area contributed by atoms with Gasteiger partial charge in [0.05, 0.1) is 18.2 Å². The van der Waals surface area contributed by atoms with Gasteiger partial charge in [-0.25, -0.2) is 14.8 Å². The predicted octanol–water partition coefficient (Wildman–Crippen LogP) is 2.51. The summed E-state index contributed by atoms with van der Waals surface area (Å²) in [7, 11) is 0. The Labute approximate surface area is 181 Å². The normalized spacial score (nSPS) is 23.6. The first kappa shape index (κ1) is 23.5. The van der Waals surface area contributed by atoms with Crippen molar-refractivity contribution in [2.24, 2.45) is 11.3 Å². The van der Waals surface area contributed by atoms with Crippen molar-refractivity contribution in [3.8, 4) is 0 Å². The molecule has 0 bridgehead atoms. The fourth-order valence-electron chi connectivity index (χ4n) is 4.23. The Bertz CT molecular complexity index is 910. The minimum Gasteiger partial charge on any atom is -0.481 e. The van der Waals surface area contributed by atoms with Gasteiger partial charge in [-0.3, -0.25) is 9.69 Å². The van der Waals surface area contributed by atoms with Gasteiger partial charge in [0.15, 0.2) is 0 Å². The van der Waals surface area contributed by atoms with Crippen LogP contribution in [0.2, 0.25) is 0 Å². The summed E-state index contributed by atoms with van der Waals surface area (Å²) in [5, 5.41) is 17.2. The molecule has 12 heteroatoms. The highest BCUT2D eigenvalue weighted by Gasteiger charge is 2.54. The molecule has 0 aromatic carbocycles. The molecule has 2 aromatic rings. The van der Waals surface area contributed by atoms with Crippen LogP contribution < -0.4 is 4.90 Å². The summed E-state index contributed by atoms with van der Waals surface area (Å²) in [6.45, 7) is 3.52. The molecule has 0 unspecified atom stereocenters. The maximum atomic E-state index is 12.2. The number of halogens is 3. The highest BCUT2D eigenvalue weighted by atomic mass is 19.4. The summed E-state index contributed by atoms with van der Waals surface area (Å²) in [6.07, 6.45) is 1.55. The second-order valence-corrected chi connectivity index (χ2v) is 7.81. The second-order valence-electron chi connectivity index (χ2n) is 7.81. The molecule has 174 valence electrons. The van der Waals surface area contributed by atoms with Crippen LogP contribution in [0.3, 0.4) is 0 Å². The number of carboxylic acids is 2. The largest absolute Gasteiger partial charge is 0.490 e. The quantitative estimate of drug-likeness (QED) is 0.715. The lowest BCUT2D eigenvalue weighted by molar-refractivity contribution is -0.192. The fourth-order valence-corrected chi connectivity index (χ4v) is 4.23. The van der Waals surface area contributed by atoms with Crippen LogP contribution >= 0.6 is 0 Å². The molecular weight excluding hydrogens is 433 g/mol. The number of anilines is 1. The van der Waals surface area contributed by atoms with Gasteiger partial charge in [0.2, 0.25) is 5.95 Å². The van der Waals surface area contributed by atoms with Gasteiger partial charge < -0.3 is 19.5 Å². The van der Waals surface area contributed by atoms with Crippen LogP contribution in [0.4, 0.5) is 19.1 Å². The average molecular weight is 456 g/mol. The van der Waals surface area contributed by atoms with Gasteiger partial charge in [0, 0.05) is 37.9 Å². The molecular formula is C20H23F3N4O5. The van der Waals surface area contributed by atoms with Crippen molar-refractivity contribution in [1.29, 1.82) is 0 Å². The Morgan fingerprint density at radius 2 is 1.88 bits per heavy atom. The van der Waals surface area contributed by atoms with Gasteiger partial charge in [-0.05, 0) is 37.6 Å². The number of fused-ring (bicyclic) bond motifs is 1. The van der Waals surface area contributed by atoms with Crippen LogP contribution in [0, 0.1) is 11.3 Å². The Morgan fingerprint density at radius 1 is 1.19 bits per heavy atom. The van der Waals surface area contributed by atoms with Crippen LogP contribution in [0.1, 0.15) is 18.6 Å². The number of carboxylic acid groups (broad SMARTS) is 2. The molecule has 2 aliphatic rings. The number of carbonyl (C=O) groups is 2. The summed E-state index contributed by atoms with van der Waals surface area (Å²) < 4.78 is 37.2. The molecule has 4 heterocycles. The molecule has 9 nitrogen and oxygen atoms in total. The van der Waals surface area contributed by atoms with Gasteiger partial charge in [0.1, 0.15) is 5.76 Å². The maximum Gasteiger partial charge on any atom is 0.490 e. The van der Waals surface area contributed by atoms with Gasteiger partial charge >= 0.3 is 18.1 Å². The van der Waals surface area contributed by atoms with E-state index >= 15 is 0 Å². The third-order valence-corrected chi connectivity index (χ3v) is 5.73. The Hall–Kier alpha value is -3.15. The average Bonchev–Trinajstić information content (AvgIpc) is 3.34. The highest BCUT2D eigenvalue weighted by molar-refractivity contribution is 5.77. The van der Waals surface area contributed by atoms with Crippen molar-refractivity contribution in [1.82, 2.24) is 14.9 Å². The molecule has 0 saturated carbocycles. The summed E-state index contributed by atoms with van der Waals surface area (Å²) in [5.74, 6) is -1.87. The highest BCUT2D eigenvalue weighted by Crippen LogP contribution is 2.43. The Balaban J connectivity index is 0.000000360. The molecule has 0 amide bonds. The zero-order valence-corrected chi connectivity index (χ0v) is 17.0. The molecule has 2 aliphatic heterocycles. The molecule has 2 saturated heterocycles. The lowest BCUT2D eigenvalue weighted by Gasteiger charge is -2.29. The van der Waals surface area contributed by atoms with Crippen LogP contribution in [-0.4, -0.2) is 69.4 Å². The summed E-state index contributed by atoms with van der Waals surface area (Å²) in [4.78, 5) is 34.0. The molecule has 2 atom stereocenters. The smallest absolute Gasteiger partial charge is 0.481 e. The van der Waals surface area contributed by atoms with E-state index in [1.807, 2.05) is 17.0 Å². The third kappa shape index (κ3) is 5.36. The van der Waals surface area contributed by atoms with E-state index in [0.717, 1.165) is 31.8 Å². The molecule has 2 fully saturated rings. The molecule has 0 spiro atoms. The number of alkyl halides is 3. The van der Waals surface area contributed by atoms with E-state index < -0.39 is 23.5 Å². The van der Waals surface area contributed by atoms with Crippen molar-refractivity contribution in [3.05, 3.63) is 42.6 Å². The standard InChI is InChI=1S/C18H22N4O3.C2HF3O2/c23-16(24)18-5-2-8-21(12-15-4-1-9-25-15)10-14(18)11-22(13-18)17-19-6-3-7-20-17;3-2(4,5)1(6)7/h1,3-4,6-7,9,14H,2,5,8,10-13H2,(H,23,24);(H,6,7)/t14-,18-;/m0./s1. The lowest BCUT2D eigenvalue weighted by atomic mass is 9.75. The Morgan fingerprint density at radius 3 is 2.44 bits per heavy atom. The topological polar surface area (TPSA) is 120 Å². The first-order valence-corrected chi connectivity index (χ1v) is 9.92. The maximum absolute atomic E-state index is 12.2. The molecule has 2 aromatic heterocycles. The Kier molecular flexibility index (Phi) is 7.02. The molecule has 0 aliphatic carbocycles. The van der Waals surface area contributed by atoms with Crippen molar-refractivity contribution in [3.63, 3.8) is 0 Å². The van der Waals surface area contributed by atoms with Crippen molar-refractivity contribution < 1.29 is 37.4 Å². The second kappa shape index (κ2) is 9.55. The van der Waals surface area contributed by atoms with Crippen LogP contribution in [0.15, 0.2) is 41.3 Å². The van der Waals surface area contributed by atoms with Crippen LogP contribution in [-0.2, 0) is 16.1 Å². The van der Waals surface area contributed by atoms with E-state index in [1.54, 1.807) is 24.7 Å². The number of likely N-dealkylation sites (tertiary alicyclic amines) is 1. The molecule has 32 heavy (non-hydrogen) atoms. The first-order valence-electron chi connectivity index (χ1n) is 9.92. The minimum atomic E-state index is -5.08. The van der Waals surface area contributed by atoms with E-state index in [4.69, 9.17) is 14.3 Å². The van der Waals surface area contributed by atoms with Gasteiger partial charge in [-0.1, -0.05) is 0 Å². The molecule has 0 radical (unpaired) electrons. The van der Waals surface area contributed by atoms with E-state index in [1.165, 1.54) is 0 Å². The van der Waals surface area contributed by atoms with Crippen LogP contribution in [0.5, 0.6) is 0 Å². The van der Waals surface area contributed by atoms with Crippen molar-refractivity contribution in [2.45, 2.75) is 25.6 Å². The van der Waals surface area contributed by atoms with E-state index in [2.05, 4.69) is 14.9 Å². The monoisotopic (exact) mass is 456 g/mol. The molecule has 4 rings (SSSR count). The number of nitrogens with zero attached hydrogens (tertiary/aromatic N) is 4. The number of aliphatic carboxylic acids is 2. The van der Waals surface area contributed by atoms with E-state index in [-0.39, 0.29) is 5.92 Å². The summed E-state index contributed by atoms with van der Waals surface area (Å²) >= 11 is 0. The number of rotatable bonds is 4. The van der Waals surface area contributed by atoms with Gasteiger partial charge in [-0.15, -0.1) is 0 Å². The first-order chi connectivity index (χ1) is 15.1. The molecule has 2 N–H and O–H groups in total. The summed E-state index contributed by atoms with van der Waals surface area (Å²) in [5.41, 5.74) is -0.725.